The van der Waals surface area contributed by atoms with Crippen LogP contribution >= 0.6 is 23.2 Å². The highest BCUT2D eigenvalue weighted by molar-refractivity contribution is 6.39. The first-order valence-electron chi connectivity index (χ1n) is 6.03. The monoisotopic (exact) mass is 345 g/mol. The molecule has 0 aromatic heterocycles. The number of aliphatic imine (C=N–C) groups is 1. The van der Waals surface area contributed by atoms with E-state index in [1.807, 2.05) is 0 Å². The van der Waals surface area contributed by atoms with Gasteiger partial charge >= 0.3 is 11.9 Å². The molecule has 0 atom stereocenters. The summed E-state index contributed by atoms with van der Waals surface area (Å²) in [5.74, 6) is -1.79. The van der Waals surface area contributed by atoms with Gasteiger partial charge in [-0.15, -0.1) is 0 Å². The molecule has 0 radical (unpaired) electrons. The Balaban J connectivity index is 0.000000261. The Kier molecular flexibility index (Phi) is 7.21. The minimum Gasteiger partial charge on any atom is -0.478 e. The first-order valence-corrected chi connectivity index (χ1v) is 6.79. The van der Waals surface area contributed by atoms with E-state index in [-0.39, 0.29) is 0 Å². The maximum atomic E-state index is 9.55. The van der Waals surface area contributed by atoms with E-state index >= 15 is 0 Å². The van der Waals surface area contributed by atoms with E-state index in [2.05, 4.69) is 15.6 Å². The van der Waals surface area contributed by atoms with Crippen molar-refractivity contribution in [3.8, 4) is 0 Å². The van der Waals surface area contributed by atoms with Crippen molar-refractivity contribution in [2.45, 2.75) is 0 Å². The largest absolute Gasteiger partial charge is 0.478 e. The number of guanidine groups is 1. The number of carboxylic acids is 2. The molecule has 0 amide bonds. The number of carboxylic acid groups (broad SMARTS) is 2. The van der Waals surface area contributed by atoms with Crippen molar-refractivity contribution in [1.29, 1.82) is 0 Å². The maximum Gasteiger partial charge on any atom is 0.328 e. The summed E-state index contributed by atoms with van der Waals surface area (Å²) in [6.07, 6.45) is 1.12. The van der Waals surface area contributed by atoms with Crippen molar-refractivity contribution in [2.75, 3.05) is 18.4 Å². The summed E-state index contributed by atoms with van der Waals surface area (Å²) in [5, 5.41) is 22.9. The number of hydrogen-bond acceptors (Lipinski definition) is 5. The first-order chi connectivity index (χ1) is 10.4. The second kappa shape index (κ2) is 8.91. The van der Waals surface area contributed by atoms with Crippen molar-refractivity contribution in [2.24, 2.45) is 4.99 Å². The Morgan fingerprint density at radius 1 is 1.18 bits per heavy atom. The number of rotatable bonds is 3. The predicted molar refractivity (Wildman–Crippen MR) is 84.8 cm³/mol. The Morgan fingerprint density at radius 3 is 2.14 bits per heavy atom. The first kappa shape index (κ1) is 17.8. The zero-order valence-electron chi connectivity index (χ0n) is 11.2. The average Bonchev–Trinajstić information content (AvgIpc) is 2.95. The van der Waals surface area contributed by atoms with E-state index in [9.17, 15) is 9.59 Å². The van der Waals surface area contributed by atoms with Gasteiger partial charge in [-0.05, 0) is 12.1 Å². The second-order valence-corrected chi connectivity index (χ2v) is 4.70. The molecule has 118 valence electrons. The van der Waals surface area contributed by atoms with Crippen LogP contribution in [0.25, 0.3) is 0 Å². The summed E-state index contributed by atoms with van der Waals surface area (Å²) in [4.78, 5) is 23.3. The fraction of sp³-hybridized carbons (Fsp3) is 0.154. The van der Waals surface area contributed by atoms with Crippen LogP contribution < -0.4 is 10.6 Å². The van der Waals surface area contributed by atoms with Crippen LogP contribution in [0.1, 0.15) is 0 Å². The number of halogens is 2. The third-order valence-electron chi connectivity index (χ3n) is 2.25. The standard InChI is InChI=1S/C9H9Cl2N3.C4H4O4/c10-6-2-1-3-7(11)8(6)14-9-12-4-5-13-9;5-3(6)1-2-4(7)8/h1-3H,4-5H2,(H2,12,13,14);1-2H,(H,5,6)(H,7,8)/b;2-1-. The minimum atomic E-state index is -1.26. The van der Waals surface area contributed by atoms with Gasteiger partial charge < -0.3 is 20.8 Å². The fourth-order valence-corrected chi connectivity index (χ4v) is 1.85. The topological polar surface area (TPSA) is 111 Å². The summed E-state index contributed by atoms with van der Waals surface area (Å²) in [6, 6.07) is 5.37. The van der Waals surface area contributed by atoms with Crippen LogP contribution in [0, 0.1) is 0 Å². The fourth-order valence-electron chi connectivity index (χ4n) is 1.36. The van der Waals surface area contributed by atoms with Crippen molar-refractivity contribution < 1.29 is 19.8 Å². The Morgan fingerprint density at radius 2 is 1.73 bits per heavy atom. The number of nitrogens with zero attached hydrogens (tertiary/aromatic N) is 1. The van der Waals surface area contributed by atoms with Gasteiger partial charge in [0.2, 0.25) is 0 Å². The maximum absolute atomic E-state index is 9.55. The molecular formula is C13H13Cl2N3O4. The van der Waals surface area contributed by atoms with Crippen molar-refractivity contribution in [3.05, 3.63) is 40.4 Å². The van der Waals surface area contributed by atoms with Crippen LogP contribution in [0.2, 0.25) is 10.0 Å². The van der Waals surface area contributed by atoms with Gasteiger partial charge in [-0.25, -0.2) is 9.59 Å². The van der Waals surface area contributed by atoms with Gasteiger partial charge in [0.25, 0.3) is 0 Å². The van der Waals surface area contributed by atoms with E-state index in [1.165, 1.54) is 0 Å². The smallest absolute Gasteiger partial charge is 0.328 e. The van der Waals surface area contributed by atoms with Crippen LogP contribution in [0.5, 0.6) is 0 Å². The summed E-state index contributed by atoms with van der Waals surface area (Å²) in [6.45, 7) is 1.63. The summed E-state index contributed by atoms with van der Waals surface area (Å²) < 4.78 is 0. The molecule has 1 aromatic carbocycles. The van der Waals surface area contributed by atoms with Gasteiger partial charge in [0, 0.05) is 18.7 Å². The molecule has 0 saturated carbocycles. The molecule has 9 heteroatoms. The number of nitrogens with one attached hydrogen (secondary N) is 2. The normalized spacial score (nSPS) is 12.9. The zero-order valence-corrected chi connectivity index (χ0v) is 12.7. The molecule has 0 aliphatic carbocycles. The molecule has 0 bridgehead atoms. The van der Waals surface area contributed by atoms with Crippen LogP contribution in [-0.2, 0) is 9.59 Å². The highest BCUT2D eigenvalue weighted by atomic mass is 35.5. The molecule has 1 aliphatic rings. The van der Waals surface area contributed by atoms with Crippen LogP contribution in [0.15, 0.2) is 35.3 Å². The average molecular weight is 346 g/mol. The van der Waals surface area contributed by atoms with Crippen molar-refractivity contribution in [3.63, 3.8) is 0 Å². The Hall–Kier alpha value is -2.25. The SMILES string of the molecule is Clc1cccc(Cl)c1NC1=NCCN1.O=C(O)/C=C\C(=O)O. The molecule has 7 nitrogen and oxygen atoms in total. The predicted octanol–water partition coefficient (Wildman–Crippen LogP) is 2.08. The molecule has 4 N–H and O–H groups in total. The number of para-hydroxylation sites is 1. The molecule has 1 aromatic rings. The third kappa shape index (κ3) is 6.47. The van der Waals surface area contributed by atoms with E-state index in [1.54, 1.807) is 18.2 Å². The van der Waals surface area contributed by atoms with Crippen LogP contribution in [0.4, 0.5) is 5.69 Å². The number of benzene rings is 1. The lowest BCUT2D eigenvalue weighted by Gasteiger charge is -2.09. The molecule has 2 rings (SSSR count). The van der Waals surface area contributed by atoms with E-state index in [0.717, 1.165) is 19.0 Å². The lowest BCUT2D eigenvalue weighted by Crippen LogP contribution is -2.26. The molecule has 0 spiro atoms. The summed E-state index contributed by atoms with van der Waals surface area (Å²) >= 11 is 12.0. The quantitative estimate of drug-likeness (QED) is 0.624. The Bertz CT molecular complexity index is 581. The molecule has 0 saturated heterocycles. The van der Waals surface area contributed by atoms with Gasteiger partial charge in [-0.1, -0.05) is 29.3 Å². The minimum absolute atomic E-state index is 0.558. The van der Waals surface area contributed by atoms with Gasteiger partial charge in [-0.2, -0.15) is 0 Å². The number of aliphatic carboxylic acids is 2. The number of carbonyl (C=O) groups is 2. The Labute approximate surface area is 136 Å². The lowest BCUT2D eigenvalue weighted by molar-refractivity contribution is -0.134. The van der Waals surface area contributed by atoms with Crippen LogP contribution in [-0.4, -0.2) is 41.2 Å². The third-order valence-corrected chi connectivity index (χ3v) is 2.88. The second-order valence-electron chi connectivity index (χ2n) is 3.89. The number of hydrogen-bond donors (Lipinski definition) is 4. The molecular weight excluding hydrogens is 333 g/mol. The summed E-state index contributed by atoms with van der Waals surface area (Å²) in [5.41, 5.74) is 0.698. The van der Waals surface area contributed by atoms with Gasteiger partial charge in [0.1, 0.15) is 0 Å². The van der Waals surface area contributed by atoms with E-state index in [4.69, 9.17) is 33.4 Å². The highest BCUT2D eigenvalue weighted by Crippen LogP contribution is 2.29. The molecule has 0 fully saturated rings. The van der Waals surface area contributed by atoms with Crippen molar-refractivity contribution in [1.82, 2.24) is 5.32 Å². The zero-order chi connectivity index (χ0) is 16.5. The van der Waals surface area contributed by atoms with Crippen LogP contribution in [0.3, 0.4) is 0 Å². The summed E-state index contributed by atoms with van der Waals surface area (Å²) in [7, 11) is 0. The number of anilines is 1. The van der Waals surface area contributed by atoms with Gasteiger partial charge in [0.15, 0.2) is 5.96 Å². The van der Waals surface area contributed by atoms with E-state index in [0.29, 0.717) is 27.9 Å². The van der Waals surface area contributed by atoms with Crippen molar-refractivity contribution >= 4 is 46.8 Å². The lowest BCUT2D eigenvalue weighted by atomic mass is 10.3. The molecule has 0 unspecified atom stereocenters. The molecule has 1 aliphatic heterocycles. The molecule has 1 heterocycles. The van der Waals surface area contributed by atoms with E-state index < -0.39 is 11.9 Å². The molecule has 22 heavy (non-hydrogen) atoms. The highest BCUT2D eigenvalue weighted by Gasteiger charge is 2.09. The van der Waals surface area contributed by atoms with Gasteiger partial charge in [0.05, 0.1) is 22.3 Å². The van der Waals surface area contributed by atoms with Gasteiger partial charge in [-0.3, -0.25) is 4.99 Å².